The highest BCUT2D eigenvalue weighted by molar-refractivity contribution is 5.82. The van der Waals surface area contributed by atoms with E-state index in [1.165, 1.54) is 12.8 Å². The summed E-state index contributed by atoms with van der Waals surface area (Å²) in [6, 6.07) is 4.26. The van der Waals surface area contributed by atoms with Gasteiger partial charge in [-0.15, -0.1) is 0 Å². The topological polar surface area (TPSA) is 83.5 Å². The van der Waals surface area contributed by atoms with Gasteiger partial charge in [-0.3, -0.25) is 9.78 Å². The summed E-state index contributed by atoms with van der Waals surface area (Å²) in [5.41, 5.74) is 2.62. The van der Waals surface area contributed by atoms with Crippen LogP contribution in [0.15, 0.2) is 18.3 Å². The minimum Gasteiger partial charge on any atom is -0.492 e. The Morgan fingerprint density at radius 3 is 2.82 bits per heavy atom. The van der Waals surface area contributed by atoms with Crippen molar-refractivity contribution < 1.29 is 9.53 Å². The molecule has 1 aliphatic carbocycles. The first-order valence-electron chi connectivity index (χ1n) is 11.9. The zero-order valence-corrected chi connectivity index (χ0v) is 20.5. The van der Waals surface area contributed by atoms with Crippen molar-refractivity contribution in [3.63, 3.8) is 0 Å². The highest BCUT2D eigenvalue weighted by Gasteiger charge is 2.25. The average Bonchev–Trinajstić information content (AvgIpc) is 3.38. The van der Waals surface area contributed by atoms with Gasteiger partial charge in [0, 0.05) is 42.1 Å². The number of carbonyl (C=O) groups excluding carboxylic acids is 1. The van der Waals surface area contributed by atoms with Crippen LogP contribution >= 0.6 is 0 Å². The predicted molar refractivity (Wildman–Crippen MR) is 130 cm³/mol. The fourth-order valence-corrected chi connectivity index (χ4v) is 4.60. The normalized spacial score (nSPS) is 18.3. The number of hydrogen-bond acceptors (Lipinski definition) is 7. The Bertz CT molecular complexity index is 1000. The second kappa shape index (κ2) is 9.63. The molecule has 33 heavy (non-hydrogen) atoms. The number of nitrogens with one attached hydrogen (secondary N) is 1. The Kier molecular flexibility index (Phi) is 6.83. The standard InChI is InChI=1S/C25H36N6O2/c1-25(2,3)29-22(32)15-31(5)24-19-9-6-10-20(19)27-23(28-24)21-14-18(11-12-26-21)33-16-17-8-7-13-30(17)4/h11-12,14,17H,6-10,13,15-16H2,1-5H3,(H,29,32). The van der Waals surface area contributed by atoms with Gasteiger partial charge in [-0.1, -0.05) is 0 Å². The first kappa shape index (κ1) is 23.4. The third kappa shape index (κ3) is 5.79. The van der Waals surface area contributed by atoms with Gasteiger partial charge in [-0.05, 0) is 72.5 Å². The smallest absolute Gasteiger partial charge is 0.239 e. The molecule has 4 rings (SSSR count). The van der Waals surface area contributed by atoms with Crippen LogP contribution in [0.25, 0.3) is 11.5 Å². The quantitative estimate of drug-likeness (QED) is 0.692. The maximum Gasteiger partial charge on any atom is 0.239 e. The van der Waals surface area contributed by atoms with Gasteiger partial charge in [0.2, 0.25) is 5.91 Å². The molecule has 1 N–H and O–H groups in total. The summed E-state index contributed by atoms with van der Waals surface area (Å²) in [4.78, 5) is 31.0. The monoisotopic (exact) mass is 452 g/mol. The second-order valence-electron chi connectivity index (χ2n) is 10.3. The van der Waals surface area contributed by atoms with Crippen LogP contribution < -0.4 is 15.0 Å². The van der Waals surface area contributed by atoms with E-state index < -0.39 is 0 Å². The van der Waals surface area contributed by atoms with Crippen LogP contribution in [-0.2, 0) is 17.6 Å². The summed E-state index contributed by atoms with van der Waals surface area (Å²) >= 11 is 0. The minimum atomic E-state index is -0.269. The van der Waals surface area contributed by atoms with E-state index in [1.54, 1.807) is 6.20 Å². The SMILES string of the molecule is CN(CC(=O)NC(C)(C)C)c1nc(-c2cc(OCC3CCCN3C)ccn2)nc2c1CCC2. The van der Waals surface area contributed by atoms with Crippen molar-refractivity contribution in [3.05, 3.63) is 29.6 Å². The molecule has 0 saturated carbocycles. The Hall–Kier alpha value is -2.74. The molecule has 1 atom stereocenters. The number of rotatable bonds is 7. The minimum absolute atomic E-state index is 0.0256. The van der Waals surface area contributed by atoms with Gasteiger partial charge in [0.25, 0.3) is 0 Å². The molecule has 1 aliphatic heterocycles. The number of fused-ring (bicyclic) bond motifs is 1. The predicted octanol–water partition coefficient (Wildman–Crippen LogP) is 2.85. The van der Waals surface area contributed by atoms with Crippen LogP contribution in [-0.4, -0.2) is 71.1 Å². The molecule has 8 heteroatoms. The highest BCUT2D eigenvalue weighted by atomic mass is 16.5. The number of amides is 1. The Labute approximate surface area is 196 Å². The van der Waals surface area contributed by atoms with Gasteiger partial charge in [-0.2, -0.15) is 0 Å². The van der Waals surface area contributed by atoms with Crippen molar-refractivity contribution >= 4 is 11.7 Å². The molecule has 1 unspecified atom stereocenters. The van der Waals surface area contributed by atoms with Crippen molar-refractivity contribution in [2.45, 2.75) is 64.5 Å². The van der Waals surface area contributed by atoms with Crippen molar-refractivity contribution in [1.82, 2.24) is 25.2 Å². The number of pyridine rings is 1. The van der Waals surface area contributed by atoms with E-state index in [0.29, 0.717) is 24.2 Å². The van der Waals surface area contributed by atoms with Crippen LogP contribution in [0.5, 0.6) is 5.75 Å². The molecule has 8 nitrogen and oxygen atoms in total. The summed E-state index contributed by atoms with van der Waals surface area (Å²) in [5.74, 6) is 2.15. The van der Waals surface area contributed by atoms with Crippen LogP contribution in [0.3, 0.4) is 0 Å². The molecule has 1 fully saturated rings. The Morgan fingerprint density at radius 1 is 1.27 bits per heavy atom. The van der Waals surface area contributed by atoms with Gasteiger partial charge in [-0.25, -0.2) is 9.97 Å². The molecular formula is C25H36N6O2. The summed E-state index contributed by atoms with van der Waals surface area (Å²) in [5, 5.41) is 3.03. The van der Waals surface area contributed by atoms with Gasteiger partial charge in [0.15, 0.2) is 5.82 Å². The lowest BCUT2D eigenvalue weighted by atomic mass is 10.1. The van der Waals surface area contributed by atoms with Gasteiger partial charge in [0.1, 0.15) is 23.9 Å². The number of nitrogens with zero attached hydrogens (tertiary/aromatic N) is 5. The maximum absolute atomic E-state index is 12.5. The summed E-state index contributed by atoms with van der Waals surface area (Å²) in [6.45, 7) is 7.99. The number of aromatic nitrogens is 3. The average molecular weight is 453 g/mol. The molecule has 3 heterocycles. The molecule has 0 radical (unpaired) electrons. The van der Waals surface area contributed by atoms with Crippen molar-refractivity contribution in [2.75, 3.05) is 38.7 Å². The van der Waals surface area contributed by atoms with Crippen molar-refractivity contribution in [3.8, 4) is 17.3 Å². The summed E-state index contributed by atoms with van der Waals surface area (Å²) < 4.78 is 6.09. The van der Waals surface area contributed by atoms with Crippen molar-refractivity contribution in [1.29, 1.82) is 0 Å². The fraction of sp³-hybridized carbons (Fsp3) is 0.600. The van der Waals surface area contributed by atoms with E-state index >= 15 is 0 Å². The van der Waals surface area contributed by atoms with Crippen LogP contribution in [0.2, 0.25) is 0 Å². The largest absolute Gasteiger partial charge is 0.492 e. The molecule has 0 bridgehead atoms. The van der Waals surface area contributed by atoms with E-state index in [-0.39, 0.29) is 18.0 Å². The van der Waals surface area contributed by atoms with E-state index in [9.17, 15) is 4.79 Å². The third-order valence-electron chi connectivity index (χ3n) is 6.24. The zero-order valence-electron chi connectivity index (χ0n) is 20.5. The highest BCUT2D eigenvalue weighted by Crippen LogP contribution is 2.31. The lowest BCUT2D eigenvalue weighted by Gasteiger charge is -2.25. The van der Waals surface area contributed by atoms with E-state index in [4.69, 9.17) is 14.7 Å². The van der Waals surface area contributed by atoms with E-state index in [1.807, 2.05) is 44.9 Å². The third-order valence-corrected chi connectivity index (χ3v) is 6.24. The molecule has 1 amide bonds. The van der Waals surface area contributed by atoms with E-state index in [2.05, 4.69) is 22.2 Å². The van der Waals surface area contributed by atoms with Crippen LogP contribution in [0.4, 0.5) is 5.82 Å². The molecule has 2 aliphatic rings. The Morgan fingerprint density at radius 2 is 2.09 bits per heavy atom. The number of anilines is 1. The number of likely N-dealkylation sites (tertiary alicyclic amines) is 1. The van der Waals surface area contributed by atoms with E-state index in [0.717, 1.165) is 48.6 Å². The number of ether oxygens (including phenoxy) is 1. The van der Waals surface area contributed by atoms with Crippen LogP contribution in [0, 0.1) is 0 Å². The molecule has 1 saturated heterocycles. The number of hydrogen-bond donors (Lipinski definition) is 1. The molecule has 0 aromatic carbocycles. The maximum atomic E-state index is 12.5. The number of carbonyl (C=O) groups is 1. The molecular weight excluding hydrogens is 416 g/mol. The Balaban J connectivity index is 1.54. The number of aryl methyl sites for hydroxylation is 1. The molecule has 2 aromatic rings. The zero-order chi connectivity index (χ0) is 23.6. The van der Waals surface area contributed by atoms with Gasteiger partial charge >= 0.3 is 0 Å². The second-order valence-corrected chi connectivity index (χ2v) is 10.3. The summed E-state index contributed by atoms with van der Waals surface area (Å²) in [7, 11) is 4.06. The number of likely N-dealkylation sites (N-methyl/N-ethyl adjacent to an activating group) is 2. The van der Waals surface area contributed by atoms with Crippen LogP contribution in [0.1, 0.15) is 51.3 Å². The lowest BCUT2D eigenvalue weighted by Crippen LogP contribution is -2.45. The van der Waals surface area contributed by atoms with Gasteiger partial charge < -0.3 is 19.9 Å². The lowest BCUT2D eigenvalue weighted by molar-refractivity contribution is -0.121. The molecule has 178 valence electrons. The molecule has 0 spiro atoms. The summed E-state index contributed by atoms with van der Waals surface area (Å²) in [6.07, 6.45) is 7.04. The first-order chi connectivity index (χ1) is 15.7. The molecule has 2 aromatic heterocycles. The first-order valence-corrected chi connectivity index (χ1v) is 11.9. The fourth-order valence-electron chi connectivity index (χ4n) is 4.60. The van der Waals surface area contributed by atoms with Crippen molar-refractivity contribution in [2.24, 2.45) is 0 Å². The van der Waals surface area contributed by atoms with Gasteiger partial charge in [0.05, 0.1) is 6.54 Å².